The fourth-order valence-corrected chi connectivity index (χ4v) is 1.55. The normalized spacial score (nSPS) is 12.3. The van der Waals surface area contributed by atoms with Crippen LogP contribution in [0.4, 0.5) is 5.69 Å². The quantitative estimate of drug-likeness (QED) is 0.801. The SMILES string of the molecule is O=C(O)CC(=O)Nc1cc2c(cc1Cl)OCO2. The molecule has 0 spiro atoms. The van der Waals surface area contributed by atoms with Crippen molar-refractivity contribution in [2.24, 2.45) is 0 Å². The average molecular weight is 258 g/mol. The second kappa shape index (κ2) is 4.50. The van der Waals surface area contributed by atoms with Gasteiger partial charge in [0.2, 0.25) is 12.7 Å². The van der Waals surface area contributed by atoms with Crippen LogP contribution in [0.1, 0.15) is 6.42 Å². The summed E-state index contributed by atoms with van der Waals surface area (Å²) in [5.41, 5.74) is 0.294. The fourth-order valence-electron chi connectivity index (χ4n) is 1.34. The molecule has 90 valence electrons. The van der Waals surface area contributed by atoms with Gasteiger partial charge in [0.05, 0.1) is 10.7 Å². The number of rotatable bonds is 3. The topological polar surface area (TPSA) is 84.9 Å². The summed E-state index contributed by atoms with van der Waals surface area (Å²) in [6.45, 7) is 0.0954. The third-order valence-corrected chi connectivity index (χ3v) is 2.36. The Morgan fingerprint density at radius 2 is 2.00 bits per heavy atom. The van der Waals surface area contributed by atoms with Gasteiger partial charge in [-0.05, 0) is 0 Å². The molecule has 7 heteroatoms. The van der Waals surface area contributed by atoms with Crippen molar-refractivity contribution in [3.63, 3.8) is 0 Å². The Balaban J connectivity index is 2.16. The number of carboxylic acids is 1. The first-order valence-corrected chi connectivity index (χ1v) is 5.05. The molecule has 2 N–H and O–H groups in total. The Morgan fingerprint density at radius 3 is 2.65 bits per heavy atom. The zero-order chi connectivity index (χ0) is 12.4. The molecule has 1 aliphatic rings. The maximum absolute atomic E-state index is 11.3. The number of ether oxygens (including phenoxy) is 2. The average Bonchev–Trinajstić information content (AvgIpc) is 2.63. The van der Waals surface area contributed by atoms with Gasteiger partial charge in [-0.3, -0.25) is 9.59 Å². The third-order valence-electron chi connectivity index (χ3n) is 2.05. The first-order valence-electron chi connectivity index (χ1n) is 4.67. The summed E-state index contributed by atoms with van der Waals surface area (Å²) in [4.78, 5) is 21.6. The number of nitrogens with one attached hydrogen (secondary N) is 1. The molecule has 0 aromatic heterocycles. The standard InChI is InChI=1S/C10H8ClNO5/c11-5-1-7-8(17-4-16-7)2-6(5)12-9(13)3-10(14)15/h1-2H,3-4H2,(H,12,13)(H,14,15). The van der Waals surface area contributed by atoms with Gasteiger partial charge in [0.15, 0.2) is 11.5 Å². The molecule has 1 aromatic carbocycles. The smallest absolute Gasteiger partial charge is 0.312 e. The molecule has 0 bridgehead atoms. The van der Waals surface area contributed by atoms with Crippen molar-refractivity contribution in [1.29, 1.82) is 0 Å². The van der Waals surface area contributed by atoms with Gasteiger partial charge in [-0.15, -0.1) is 0 Å². The lowest BCUT2D eigenvalue weighted by molar-refractivity contribution is -0.139. The Kier molecular flexibility index (Phi) is 3.06. The van der Waals surface area contributed by atoms with E-state index in [0.717, 1.165) is 0 Å². The van der Waals surface area contributed by atoms with Crippen molar-refractivity contribution >= 4 is 29.2 Å². The zero-order valence-corrected chi connectivity index (χ0v) is 9.28. The Labute approximate surface area is 101 Å². The highest BCUT2D eigenvalue weighted by atomic mass is 35.5. The van der Waals surface area contributed by atoms with Gasteiger partial charge in [0.25, 0.3) is 0 Å². The largest absolute Gasteiger partial charge is 0.481 e. The maximum atomic E-state index is 11.3. The Hall–Kier alpha value is -1.95. The minimum absolute atomic E-state index is 0.0954. The number of aliphatic carboxylic acids is 1. The van der Waals surface area contributed by atoms with Gasteiger partial charge in [-0.25, -0.2) is 0 Å². The summed E-state index contributed by atoms with van der Waals surface area (Å²) < 4.78 is 10.2. The molecule has 1 amide bonds. The van der Waals surface area contributed by atoms with E-state index >= 15 is 0 Å². The molecule has 0 unspecified atom stereocenters. The van der Waals surface area contributed by atoms with Gasteiger partial charge in [0.1, 0.15) is 6.42 Å². The molecule has 0 radical (unpaired) electrons. The van der Waals surface area contributed by atoms with E-state index in [1.165, 1.54) is 12.1 Å². The Bertz CT molecular complexity index is 488. The molecule has 0 atom stereocenters. The van der Waals surface area contributed by atoms with Crippen LogP contribution in [-0.4, -0.2) is 23.8 Å². The predicted octanol–water partition coefficient (Wildman–Crippen LogP) is 1.48. The van der Waals surface area contributed by atoms with Crippen LogP contribution in [0, 0.1) is 0 Å². The van der Waals surface area contributed by atoms with Gasteiger partial charge in [-0.1, -0.05) is 11.6 Å². The molecular formula is C10H8ClNO5. The lowest BCUT2D eigenvalue weighted by atomic mass is 10.2. The number of benzene rings is 1. The highest BCUT2D eigenvalue weighted by molar-refractivity contribution is 6.34. The summed E-state index contributed by atoms with van der Waals surface area (Å²) in [6.07, 6.45) is -0.620. The van der Waals surface area contributed by atoms with Crippen LogP contribution in [-0.2, 0) is 9.59 Å². The van der Waals surface area contributed by atoms with E-state index in [-0.39, 0.29) is 11.8 Å². The van der Waals surface area contributed by atoms with Crippen LogP contribution >= 0.6 is 11.6 Å². The highest BCUT2D eigenvalue weighted by Crippen LogP contribution is 2.39. The molecule has 1 aromatic rings. The summed E-state index contributed by atoms with van der Waals surface area (Å²) in [7, 11) is 0. The number of halogens is 1. The second-order valence-corrected chi connectivity index (χ2v) is 3.71. The van der Waals surface area contributed by atoms with Crippen LogP contribution in [0.5, 0.6) is 11.5 Å². The first-order chi connectivity index (χ1) is 8.06. The predicted molar refractivity (Wildman–Crippen MR) is 58.5 cm³/mol. The first kappa shape index (κ1) is 11.5. The zero-order valence-electron chi connectivity index (χ0n) is 8.53. The fraction of sp³-hybridized carbons (Fsp3) is 0.200. The minimum Gasteiger partial charge on any atom is -0.481 e. The number of hydrogen-bond acceptors (Lipinski definition) is 4. The van der Waals surface area contributed by atoms with Crippen molar-refractivity contribution in [1.82, 2.24) is 0 Å². The second-order valence-electron chi connectivity index (χ2n) is 3.30. The number of hydrogen-bond donors (Lipinski definition) is 2. The molecule has 1 aliphatic heterocycles. The lowest BCUT2D eigenvalue weighted by Gasteiger charge is -2.07. The van der Waals surface area contributed by atoms with Crippen molar-refractivity contribution in [2.45, 2.75) is 6.42 Å². The van der Waals surface area contributed by atoms with E-state index in [1.807, 2.05) is 0 Å². The van der Waals surface area contributed by atoms with Gasteiger partial charge in [-0.2, -0.15) is 0 Å². The van der Waals surface area contributed by atoms with E-state index < -0.39 is 18.3 Å². The van der Waals surface area contributed by atoms with Crippen LogP contribution in [0.25, 0.3) is 0 Å². The number of amides is 1. The molecule has 1 heterocycles. The van der Waals surface area contributed by atoms with Crippen LogP contribution in [0.3, 0.4) is 0 Å². The highest BCUT2D eigenvalue weighted by Gasteiger charge is 2.18. The molecule has 0 aliphatic carbocycles. The molecular weight excluding hydrogens is 250 g/mol. The summed E-state index contributed by atoms with van der Waals surface area (Å²) in [5.74, 6) is -0.913. The van der Waals surface area contributed by atoms with E-state index in [1.54, 1.807) is 0 Å². The number of carbonyl (C=O) groups excluding carboxylic acids is 1. The van der Waals surface area contributed by atoms with Crippen LogP contribution in [0.15, 0.2) is 12.1 Å². The summed E-state index contributed by atoms with van der Waals surface area (Å²) in [6, 6.07) is 2.99. The number of anilines is 1. The van der Waals surface area contributed by atoms with Crippen molar-refractivity contribution in [3.8, 4) is 11.5 Å². The summed E-state index contributed by atoms with van der Waals surface area (Å²) in [5, 5.41) is 11.1. The van der Waals surface area contributed by atoms with Gasteiger partial charge >= 0.3 is 5.97 Å². The molecule has 2 rings (SSSR count). The van der Waals surface area contributed by atoms with Crippen LogP contribution < -0.4 is 14.8 Å². The van der Waals surface area contributed by atoms with Crippen molar-refractivity contribution in [3.05, 3.63) is 17.2 Å². The third kappa shape index (κ3) is 2.59. The molecule has 6 nitrogen and oxygen atoms in total. The van der Waals surface area contributed by atoms with Crippen molar-refractivity contribution < 1.29 is 24.2 Å². The minimum atomic E-state index is -1.21. The van der Waals surface area contributed by atoms with Crippen LogP contribution in [0.2, 0.25) is 5.02 Å². The molecule has 0 saturated heterocycles. The molecule has 0 fully saturated rings. The van der Waals surface area contributed by atoms with E-state index in [0.29, 0.717) is 17.2 Å². The summed E-state index contributed by atoms with van der Waals surface area (Å²) >= 11 is 5.89. The van der Waals surface area contributed by atoms with Crippen molar-refractivity contribution in [2.75, 3.05) is 12.1 Å². The maximum Gasteiger partial charge on any atom is 0.312 e. The number of carboxylic acid groups (broad SMARTS) is 1. The monoisotopic (exact) mass is 257 g/mol. The van der Waals surface area contributed by atoms with Gasteiger partial charge < -0.3 is 19.9 Å². The Morgan fingerprint density at radius 1 is 1.35 bits per heavy atom. The molecule has 0 saturated carbocycles. The van der Waals surface area contributed by atoms with E-state index in [2.05, 4.69) is 5.32 Å². The van der Waals surface area contributed by atoms with Gasteiger partial charge in [0, 0.05) is 12.1 Å². The lowest BCUT2D eigenvalue weighted by Crippen LogP contribution is -2.16. The van der Waals surface area contributed by atoms with E-state index in [4.69, 9.17) is 26.2 Å². The molecule has 17 heavy (non-hydrogen) atoms. The van der Waals surface area contributed by atoms with E-state index in [9.17, 15) is 9.59 Å². The number of fused-ring (bicyclic) bond motifs is 1. The number of carbonyl (C=O) groups is 2.